The molecule has 1 unspecified atom stereocenters. The predicted molar refractivity (Wildman–Crippen MR) is 48.9 cm³/mol. The van der Waals surface area contributed by atoms with Gasteiger partial charge in [0.1, 0.15) is 0 Å². The summed E-state index contributed by atoms with van der Waals surface area (Å²) in [6.07, 6.45) is 1.05. The highest BCUT2D eigenvalue weighted by Gasteiger charge is 2.15. The summed E-state index contributed by atoms with van der Waals surface area (Å²) < 4.78 is 23.8. The van der Waals surface area contributed by atoms with E-state index in [1.54, 1.807) is 0 Å². The minimum absolute atomic E-state index is 0.0127. The van der Waals surface area contributed by atoms with Crippen LogP contribution in [0.15, 0.2) is 17.2 Å². The number of aromatic nitrogens is 1. The second kappa shape index (κ2) is 4.04. The van der Waals surface area contributed by atoms with Gasteiger partial charge in [-0.2, -0.15) is 4.39 Å². The van der Waals surface area contributed by atoms with E-state index in [-0.39, 0.29) is 10.8 Å². The van der Waals surface area contributed by atoms with Gasteiger partial charge in [0.25, 0.3) is 0 Å². The summed E-state index contributed by atoms with van der Waals surface area (Å²) in [7, 11) is 0. The molecule has 0 saturated heterocycles. The molecule has 0 bridgehead atoms. The lowest BCUT2D eigenvalue weighted by Crippen LogP contribution is -2.15. The Hall–Kier alpha value is -0.650. The monoisotopic (exact) mass is 202 g/mol. The predicted octanol–water partition coefficient (Wildman–Crippen LogP) is 1.33. The van der Waals surface area contributed by atoms with Crippen LogP contribution in [0.25, 0.3) is 0 Å². The van der Waals surface area contributed by atoms with Gasteiger partial charge >= 0.3 is 0 Å². The molecule has 1 aromatic rings. The quantitative estimate of drug-likeness (QED) is 0.736. The van der Waals surface area contributed by atoms with E-state index in [0.29, 0.717) is 5.69 Å². The first-order valence-electron chi connectivity index (χ1n) is 3.84. The van der Waals surface area contributed by atoms with Crippen molar-refractivity contribution < 1.29 is 8.94 Å². The lowest BCUT2D eigenvalue weighted by Gasteiger charge is -2.07. The lowest BCUT2D eigenvalue weighted by atomic mass is 10.1. The number of hydrogen-bond donors (Lipinski definition) is 1. The number of nitrogens with two attached hydrogens (primary N) is 1. The van der Waals surface area contributed by atoms with Gasteiger partial charge in [0.05, 0.1) is 17.6 Å². The molecule has 0 aliphatic heterocycles. The molecule has 1 rings (SSSR count). The zero-order chi connectivity index (χ0) is 10.0. The van der Waals surface area contributed by atoms with Gasteiger partial charge in [0.2, 0.25) is 4.90 Å². The Morgan fingerprint density at radius 1 is 1.62 bits per heavy atom. The second-order valence-corrected chi connectivity index (χ2v) is 4.03. The van der Waals surface area contributed by atoms with Crippen LogP contribution >= 0.6 is 0 Å². The molecule has 0 fully saturated rings. The highest BCUT2D eigenvalue weighted by Crippen LogP contribution is 2.17. The van der Waals surface area contributed by atoms with E-state index < -0.39 is 17.2 Å². The molecule has 1 aromatic heterocycles. The van der Waals surface area contributed by atoms with Crippen LogP contribution in [-0.4, -0.2) is 9.54 Å². The maximum atomic E-state index is 12.9. The fourth-order valence-electron chi connectivity index (χ4n) is 0.905. The molecule has 2 N–H and O–H groups in total. The minimum Gasteiger partial charge on any atom is -0.593 e. The number of rotatable bonds is 2. The zero-order valence-electron chi connectivity index (χ0n) is 7.45. The molecular weight excluding hydrogens is 191 g/mol. The topological polar surface area (TPSA) is 62.0 Å². The largest absolute Gasteiger partial charge is 0.593 e. The molecule has 0 aromatic carbocycles. The lowest BCUT2D eigenvalue weighted by molar-refractivity contribution is 0.560. The highest BCUT2D eigenvalue weighted by atomic mass is 32.2. The van der Waals surface area contributed by atoms with E-state index in [0.717, 1.165) is 6.20 Å². The third-order valence-corrected chi connectivity index (χ3v) is 2.40. The maximum absolute atomic E-state index is 12.9. The van der Waals surface area contributed by atoms with Crippen molar-refractivity contribution >= 4 is 11.4 Å². The molecule has 0 saturated carbocycles. The molecule has 1 atom stereocenters. The summed E-state index contributed by atoms with van der Waals surface area (Å²) >= 11 is -1.78. The van der Waals surface area contributed by atoms with Crippen molar-refractivity contribution in [2.24, 2.45) is 5.14 Å². The summed E-state index contributed by atoms with van der Waals surface area (Å²) in [6.45, 7) is 3.84. The Labute approximate surface area is 79.5 Å². The second-order valence-electron chi connectivity index (χ2n) is 2.99. The van der Waals surface area contributed by atoms with Crippen molar-refractivity contribution in [1.29, 1.82) is 0 Å². The van der Waals surface area contributed by atoms with Crippen molar-refractivity contribution in [3.8, 4) is 0 Å². The normalized spacial score (nSPS) is 13.4. The Bertz CT molecular complexity index is 304. The Balaban J connectivity index is 3.11. The van der Waals surface area contributed by atoms with Gasteiger partial charge in [0, 0.05) is 11.8 Å². The van der Waals surface area contributed by atoms with E-state index in [4.69, 9.17) is 5.14 Å². The highest BCUT2D eigenvalue weighted by molar-refractivity contribution is 7.89. The summed E-state index contributed by atoms with van der Waals surface area (Å²) in [5.74, 6) is -0.451. The van der Waals surface area contributed by atoms with Crippen LogP contribution in [-0.2, 0) is 11.4 Å². The first-order chi connectivity index (χ1) is 6.02. The zero-order valence-corrected chi connectivity index (χ0v) is 8.27. The summed E-state index contributed by atoms with van der Waals surface area (Å²) in [5.41, 5.74) is 0.690. The van der Waals surface area contributed by atoms with Crippen LogP contribution < -0.4 is 5.14 Å². The standard InChI is InChI=1S/C8H11FN2OS/c1-5(2)7-3-8(13(10)12)6(9)4-11-7/h3-5H,10H2,1-2H3. The van der Waals surface area contributed by atoms with E-state index >= 15 is 0 Å². The summed E-state index contributed by atoms with van der Waals surface area (Å²) in [5, 5.41) is 5.09. The smallest absolute Gasteiger partial charge is 0.212 e. The molecule has 72 valence electrons. The van der Waals surface area contributed by atoms with Gasteiger partial charge in [-0.15, -0.1) is 5.14 Å². The van der Waals surface area contributed by atoms with Crippen molar-refractivity contribution in [2.45, 2.75) is 24.7 Å². The molecule has 13 heavy (non-hydrogen) atoms. The van der Waals surface area contributed by atoms with Gasteiger partial charge in [0.15, 0.2) is 5.82 Å². The third-order valence-electron chi connectivity index (χ3n) is 1.65. The van der Waals surface area contributed by atoms with Crippen LogP contribution in [0.5, 0.6) is 0 Å². The third kappa shape index (κ3) is 2.40. The number of pyridine rings is 1. The van der Waals surface area contributed by atoms with E-state index in [1.165, 1.54) is 6.07 Å². The molecule has 1 heterocycles. The fraction of sp³-hybridized carbons (Fsp3) is 0.375. The van der Waals surface area contributed by atoms with Gasteiger partial charge in [-0.25, -0.2) is 0 Å². The van der Waals surface area contributed by atoms with Crippen LogP contribution in [0.4, 0.5) is 4.39 Å². The van der Waals surface area contributed by atoms with Crippen LogP contribution in [0.3, 0.4) is 0 Å². The molecule has 0 amide bonds. The minimum atomic E-state index is -1.78. The van der Waals surface area contributed by atoms with E-state index in [1.807, 2.05) is 13.8 Å². The van der Waals surface area contributed by atoms with Crippen molar-refractivity contribution in [3.63, 3.8) is 0 Å². The molecule has 0 aliphatic rings. The Morgan fingerprint density at radius 2 is 2.23 bits per heavy atom. The van der Waals surface area contributed by atoms with Crippen molar-refractivity contribution in [1.82, 2.24) is 4.98 Å². The summed E-state index contributed by atoms with van der Waals surface area (Å²) in [6, 6.07) is 1.44. The molecule has 0 aliphatic carbocycles. The number of nitrogens with zero attached hydrogens (tertiary/aromatic N) is 1. The average Bonchev–Trinajstić information content (AvgIpc) is 2.04. The first kappa shape index (κ1) is 10.4. The molecule has 3 nitrogen and oxygen atoms in total. The number of halogens is 1. The number of hydrogen-bond acceptors (Lipinski definition) is 3. The molecular formula is C8H11FN2OS. The molecule has 0 spiro atoms. The fourth-order valence-corrected chi connectivity index (χ4v) is 1.39. The van der Waals surface area contributed by atoms with Crippen molar-refractivity contribution in [2.75, 3.05) is 0 Å². The Morgan fingerprint density at radius 3 is 2.69 bits per heavy atom. The summed E-state index contributed by atoms with van der Waals surface area (Å²) in [4.78, 5) is 3.87. The average molecular weight is 202 g/mol. The Kier molecular flexibility index (Phi) is 3.24. The molecule has 5 heteroatoms. The van der Waals surface area contributed by atoms with E-state index in [2.05, 4.69) is 4.98 Å². The molecule has 0 radical (unpaired) electrons. The van der Waals surface area contributed by atoms with Crippen LogP contribution in [0, 0.1) is 5.82 Å². The van der Waals surface area contributed by atoms with Gasteiger partial charge in [-0.05, 0) is 5.92 Å². The first-order valence-corrected chi connectivity index (χ1v) is 5.05. The van der Waals surface area contributed by atoms with Crippen molar-refractivity contribution in [3.05, 3.63) is 23.8 Å². The van der Waals surface area contributed by atoms with Gasteiger partial charge in [-0.3, -0.25) is 4.98 Å². The van der Waals surface area contributed by atoms with Crippen LogP contribution in [0.1, 0.15) is 25.5 Å². The van der Waals surface area contributed by atoms with Gasteiger partial charge < -0.3 is 4.55 Å². The van der Waals surface area contributed by atoms with Crippen LogP contribution in [0.2, 0.25) is 0 Å². The van der Waals surface area contributed by atoms with Gasteiger partial charge in [-0.1, -0.05) is 13.8 Å². The SMILES string of the molecule is CC(C)c1cc([S+](N)[O-])c(F)cn1. The van der Waals surface area contributed by atoms with E-state index in [9.17, 15) is 8.94 Å². The maximum Gasteiger partial charge on any atom is 0.212 e.